The van der Waals surface area contributed by atoms with Crippen LogP contribution in [0.5, 0.6) is 0 Å². The van der Waals surface area contributed by atoms with Gasteiger partial charge in [-0.3, -0.25) is 4.98 Å². The van der Waals surface area contributed by atoms with Crippen molar-refractivity contribution >= 4 is 5.97 Å². The van der Waals surface area contributed by atoms with Gasteiger partial charge in [0.1, 0.15) is 13.1 Å². The third kappa shape index (κ3) is 3.66. The van der Waals surface area contributed by atoms with E-state index in [9.17, 15) is 9.90 Å². The molecule has 0 radical (unpaired) electrons. The van der Waals surface area contributed by atoms with Gasteiger partial charge in [-0.2, -0.15) is 0 Å². The third-order valence-corrected chi connectivity index (χ3v) is 1.66. The number of pyridine rings is 1. The molecule has 0 amide bonds. The fourth-order valence-electron chi connectivity index (χ4n) is 1.12. The smallest absolute Gasteiger partial charge is 0.120 e. The zero-order chi connectivity index (χ0) is 9.68. The quantitative estimate of drug-likeness (QED) is 0.574. The van der Waals surface area contributed by atoms with E-state index in [2.05, 4.69) is 4.98 Å². The zero-order valence-electron chi connectivity index (χ0n) is 7.49. The highest BCUT2D eigenvalue weighted by molar-refractivity contribution is 5.65. The molecule has 1 rings (SSSR count). The molecule has 0 bridgehead atoms. The minimum Gasteiger partial charge on any atom is -0.544 e. The molecule has 0 aliphatic heterocycles. The molecule has 1 unspecified atom stereocenters. The second-order valence-electron chi connectivity index (χ2n) is 3.00. The van der Waals surface area contributed by atoms with Gasteiger partial charge in [0.15, 0.2) is 0 Å². The molecular weight excluding hydrogens is 168 g/mol. The van der Waals surface area contributed by atoms with Crippen molar-refractivity contribution in [3.63, 3.8) is 0 Å². The highest BCUT2D eigenvalue weighted by Crippen LogP contribution is 1.88. The van der Waals surface area contributed by atoms with Gasteiger partial charge in [-0.1, -0.05) is 6.07 Å². The number of aliphatic carboxylic acids is 1. The van der Waals surface area contributed by atoms with Crippen LogP contribution < -0.4 is 10.0 Å². The number of nitrogens with one attached hydrogen (secondary N) is 1. The number of nitrogens with zero attached hydrogens (tertiary/aromatic N) is 1. The summed E-state index contributed by atoms with van der Waals surface area (Å²) in [6, 6.07) is 5.59. The minimum absolute atomic E-state index is 0.0105. The Morgan fingerprint density at radius 3 is 2.92 bits per heavy atom. The Hall–Kier alpha value is -1.42. The maximum Gasteiger partial charge on any atom is 0.120 e. The molecule has 0 fully saturated rings. The summed E-state index contributed by atoms with van der Waals surface area (Å²) in [6.45, 7) is 0.616. The van der Waals surface area contributed by atoms with Gasteiger partial charge in [-0.15, -0.1) is 0 Å². The maximum absolute atomic E-state index is 10.2. The van der Waals surface area contributed by atoms with Crippen LogP contribution >= 0.6 is 0 Å². The number of rotatable bonds is 4. The van der Waals surface area contributed by atoms with Gasteiger partial charge in [0, 0.05) is 6.20 Å². The van der Waals surface area contributed by atoms with Crippen LogP contribution in [-0.4, -0.2) is 24.5 Å². The van der Waals surface area contributed by atoms with Crippen molar-refractivity contribution in [3.8, 4) is 0 Å². The van der Waals surface area contributed by atoms with Gasteiger partial charge < -0.3 is 14.8 Å². The summed E-state index contributed by atoms with van der Waals surface area (Å²) in [5.41, 5.74) is 0.890. The summed E-state index contributed by atoms with van der Waals surface area (Å²) in [5, 5.41) is 10.2. The third-order valence-electron chi connectivity index (χ3n) is 1.66. The normalized spacial score (nSPS) is 12.4. The van der Waals surface area contributed by atoms with Crippen molar-refractivity contribution in [3.05, 3.63) is 30.1 Å². The lowest BCUT2D eigenvalue weighted by Gasteiger charge is -2.13. The second kappa shape index (κ2) is 4.57. The van der Waals surface area contributed by atoms with Gasteiger partial charge in [0.2, 0.25) is 0 Å². The van der Waals surface area contributed by atoms with Crippen LogP contribution in [0.25, 0.3) is 0 Å². The van der Waals surface area contributed by atoms with E-state index in [0.717, 1.165) is 10.6 Å². The average Bonchev–Trinajstić information content (AvgIpc) is 2.04. The largest absolute Gasteiger partial charge is 0.544 e. The number of carboxylic acids is 1. The SMILES string of the molecule is C[NH+](CC(=O)[O-])Cc1ccccn1. The summed E-state index contributed by atoms with van der Waals surface area (Å²) < 4.78 is 0. The Kier molecular flexibility index (Phi) is 3.40. The Morgan fingerprint density at radius 1 is 1.62 bits per heavy atom. The molecule has 4 nitrogen and oxygen atoms in total. The second-order valence-corrected chi connectivity index (χ2v) is 3.00. The molecule has 0 aliphatic rings. The molecule has 0 aromatic carbocycles. The molecule has 0 spiro atoms. The first-order valence-electron chi connectivity index (χ1n) is 4.09. The zero-order valence-corrected chi connectivity index (χ0v) is 7.49. The van der Waals surface area contributed by atoms with Crippen molar-refractivity contribution in [2.45, 2.75) is 6.54 Å². The molecule has 0 aliphatic carbocycles. The number of quaternary nitrogens is 1. The number of carboxylic acid groups (broad SMARTS) is 1. The summed E-state index contributed by atoms with van der Waals surface area (Å²) in [4.78, 5) is 15.2. The average molecular weight is 180 g/mol. The standard InChI is InChI=1S/C9H12N2O2/c1-11(7-9(12)13)6-8-4-2-3-5-10-8/h2-5H,6-7H2,1H3,(H,12,13). The van der Waals surface area contributed by atoms with Gasteiger partial charge in [-0.25, -0.2) is 0 Å². The Balaban J connectivity index is 2.45. The lowest BCUT2D eigenvalue weighted by molar-refractivity contribution is -0.888. The van der Waals surface area contributed by atoms with Crippen LogP contribution in [0.2, 0.25) is 0 Å². The first-order valence-corrected chi connectivity index (χ1v) is 4.09. The van der Waals surface area contributed by atoms with E-state index in [1.54, 1.807) is 13.2 Å². The minimum atomic E-state index is -1.03. The van der Waals surface area contributed by atoms with E-state index in [-0.39, 0.29) is 6.54 Å². The Labute approximate surface area is 76.8 Å². The number of likely N-dealkylation sites (N-methyl/N-ethyl adjacent to an activating group) is 1. The molecule has 1 heterocycles. The van der Waals surface area contributed by atoms with Crippen molar-refractivity contribution < 1.29 is 14.8 Å². The van der Waals surface area contributed by atoms with Crippen LogP contribution in [0.1, 0.15) is 5.69 Å². The van der Waals surface area contributed by atoms with E-state index < -0.39 is 5.97 Å². The molecule has 0 saturated heterocycles. The fraction of sp³-hybridized carbons (Fsp3) is 0.333. The summed E-state index contributed by atoms with van der Waals surface area (Å²) in [5.74, 6) is -1.03. The number of carbonyl (C=O) groups excluding carboxylic acids is 1. The number of hydrogen-bond donors (Lipinski definition) is 1. The van der Waals surface area contributed by atoms with Crippen LogP contribution in [-0.2, 0) is 11.3 Å². The van der Waals surface area contributed by atoms with Crippen molar-refractivity contribution in [1.82, 2.24) is 4.98 Å². The molecule has 4 heteroatoms. The highest BCUT2D eigenvalue weighted by atomic mass is 16.4. The van der Waals surface area contributed by atoms with E-state index in [4.69, 9.17) is 0 Å². The number of aromatic nitrogens is 1. The molecular formula is C9H12N2O2. The lowest BCUT2D eigenvalue weighted by Crippen LogP contribution is -3.09. The van der Waals surface area contributed by atoms with Gasteiger partial charge in [-0.05, 0) is 12.1 Å². The van der Waals surface area contributed by atoms with Crippen LogP contribution in [0.4, 0.5) is 0 Å². The van der Waals surface area contributed by atoms with Gasteiger partial charge in [0.05, 0.1) is 18.7 Å². The Bertz CT molecular complexity index is 274. The monoisotopic (exact) mass is 180 g/mol. The predicted molar refractivity (Wildman–Crippen MR) is 44.7 cm³/mol. The molecule has 1 atom stereocenters. The van der Waals surface area contributed by atoms with E-state index in [0.29, 0.717) is 6.54 Å². The predicted octanol–water partition coefficient (Wildman–Crippen LogP) is -2.15. The molecule has 13 heavy (non-hydrogen) atoms. The van der Waals surface area contributed by atoms with Crippen LogP contribution in [0.3, 0.4) is 0 Å². The van der Waals surface area contributed by atoms with Crippen molar-refractivity contribution in [2.24, 2.45) is 0 Å². The van der Waals surface area contributed by atoms with Gasteiger partial charge in [0.25, 0.3) is 0 Å². The first-order chi connectivity index (χ1) is 6.18. The maximum atomic E-state index is 10.2. The van der Waals surface area contributed by atoms with E-state index >= 15 is 0 Å². The number of hydrogen-bond acceptors (Lipinski definition) is 3. The molecule has 1 N–H and O–H groups in total. The topological polar surface area (TPSA) is 57.5 Å². The van der Waals surface area contributed by atoms with E-state index in [1.165, 1.54) is 0 Å². The fourth-order valence-corrected chi connectivity index (χ4v) is 1.12. The summed E-state index contributed by atoms with van der Waals surface area (Å²) >= 11 is 0. The molecule has 1 aromatic rings. The Morgan fingerprint density at radius 2 is 2.38 bits per heavy atom. The van der Waals surface area contributed by atoms with E-state index in [1.807, 2.05) is 18.2 Å². The van der Waals surface area contributed by atoms with Crippen LogP contribution in [0, 0.1) is 0 Å². The van der Waals surface area contributed by atoms with Crippen molar-refractivity contribution in [2.75, 3.05) is 13.6 Å². The lowest BCUT2D eigenvalue weighted by atomic mass is 10.3. The number of carbonyl (C=O) groups is 1. The molecule has 70 valence electrons. The first kappa shape index (κ1) is 9.67. The van der Waals surface area contributed by atoms with Crippen molar-refractivity contribution in [1.29, 1.82) is 0 Å². The molecule has 1 aromatic heterocycles. The summed E-state index contributed by atoms with van der Waals surface area (Å²) in [6.07, 6.45) is 1.70. The highest BCUT2D eigenvalue weighted by Gasteiger charge is 2.03. The van der Waals surface area contributed by atoms with Crippen LogP contribution in [0.15, 0.2) is 24.4 Å². The summed E-state index contributed by atoms with van der Waals surface area (Å²) in [7, 11) is 1.80. The van der Waals surface area contributed by atoms with Gasteiger partial charge >= 0.3 is 0 Å². The molecule has 0 saturated carbocycles.